The fraction of sp³-hybridized carbons (Fsp3) is 0.400. The summed E-state index contributed by atoms with van der Waals surface area (Å²) in [6, 6.07) is 6.26. The maximum Gasteiger partial charge on any atom is 0.332 e. The lowest BCUT2D eigenvalue weighted by Gasteiger charge is -2.33. The van der Waals surface area contributed by atoms with Crippen molar-refractivity contribution in [1.29, 1.82) is 0 Å². The second-order valence-corrected chi connectivity index (χ2v) is 8.06. The lowest BCUT2D eigenvalue weighted by atomic mass is 10.1. The van der Waals surface area contributed by atoms with Crippen LogP contribution in [-0.2, 0) is 24.9 Å². The molecule has 3 N–H and O–H groups in total. The summed E-state index contributed by atoms with van der Waals surface area (Å²) < 4.78 is 4.04. The average molecular weight is 411 g/mol. The molecule has 1 atom stereocenters. The van der Waals surface area contributed by atoms with Gasteiger partial charge >= 0.3 is 5.69 Å². The summed E-state index contributed by atoms with van der Waals surface area (Å²) in [6.45, 7) is 7.06. The van der Waals surface area contributed by atoms with E-state index in [0.717, 1.165) is 27.9 Å². The molecule has 30 heavy (non-hydrogen) atoms. The third-order valence-electron chi connectivity index (χ3n) is 5.42. The Morgan fingerprint density at radius 1 is 1.20 bits per heavy atom. The van der Waals surface area contributed by atoms with Gasteiger partial charge in [-0.1, -0.05) is 13.0 Å². The maximum absolute atomic E-state index is 13.2. The topological polar surface area (TPSA) is 120 Å². The number of amides is 1. The lowest BCUT2D eigenvalue weighted by Crippen LogP contribution is -2.45. The van der Waals surface area contributed by atoms with Gasteiger partial charge in [0, 0.05) is 25.8 Å². The number of hydrogen-bond acceptors (Lipinski definition) is 6. The summed E-state index contributed by atoms with van der Waals surface area (Å²) in [4.78, 5) is 44.4. The van der Waals surface area contributed by atoms with Crippen molar-refractivity contribution in [2.75, 3.05) is 11.4 Å². The van der Waals surface area contributed by atoms with Crippen LogP contribution in [0.4, 0.5) is 11.6 Å². The van der Waals surface area contributed by atoms with Gasteiger partial charge < -0.3 is 9.47 Å². The largest absolute Gasteiger partial charge is 0.332 e. The minimum Gasteiger partial charge on any atom is -0.312 e. The fourth-order valence-corrected chi connectivity index (χ4v) is 4.16. The van der Waals surface area contributed by atoms with Crippen molar-refractivity contribution in [3.8, 4) is 0 Å². The molecule has 10 nitrogen and oxygen atoms in total. The number of carbonyl (C=O) groups excluding carboxylic acids is 1. The van der Waals surface area contributed by atoms with Crippen LogP contribution in [0.5, 0.6) is 0 Å². The zero-order chi connectivity index (χ0) is 21.7. The van der Waals surface area contributed by atoms with Gasteiger partial charge in [0.15, 0.2) is 11.2 Å². The Bertz CT molecular complexity index is 1260. The van der Waals surface area contributed by atoms with Gasteiger partial charge in [0.05, 0.1) is 0 Å². The van der Waals surface area contributed by atoms with E-state index in [4.69, 9.17) is 5.84 Å². The monoisotopic (exact) mass is 411 g/mol. The van der Waals surface area contributed by atoms with Gasteiger partial charge in [0.1, 0.15) is 6.54 Å². The molecule has 1 aromatic carbocycles. The van der Waals surface area contributed by atoms with Crippen molar-refractivity contribution in [2.45, 2.75) is 33.9 Å². The van der Waals surface area contributed by atoms with E-state index in [2.05, 4.69) is 35.0 Å². The second kappa shape index (κ2) is 7.13. The normalized spacial score (nSPS) is 16.0. The van der Waals surface area contributed by atoms with Crippen molar-refractivity contribution in [3.63, 3.8) is 0 Å². The molecule has 4 rings (SSSR count). The molecule has 1 aliphatic heterocycles. The molecule has 0 fully saturated rings. The quantitative estimate of drug-likeness (QED) is 0.363. The molecular weight excluding hydrogens is 386 g/mol. The van der Waals surface area contributed by atoms with Crippen LogP contribution in [0.3, 0.4) is 0 Å². The van der Waals surface area contributed by atoms with Crippen molar-refractivity contribution in [1.82, 2.24) is 24.1 Å². The first kappa shape index (κ1) is 19.9. The maximum atomic E-state index is 13.2. The summed E-state index contributed by atoms with van der Waals surface area (Å²) in [5, 5.41) is 0. The third kappa shape index (κ3) is 3.09. The molecule has 2 aromatic heterocycles. The molecule has 0 saturated carbocycles. The average Bonchev–Trinajstić information content (AvgIpc) is 3.07. The van der Waals surface area contributed by atoms with Gasteiger partial charge in [0.25, 0.3) is 11.5 Å². The van der Waals surface area contributed by atoms with Crippen LogP contribution < -0.4 is 27.4 Å². The number of anilines is 2. The standard InChI is InChI=1S/C20H25N7O3/c1-11-5-12(2)7-14(6-11)25-8-13(3)9-26-16-17(22-19(25)26)24(4)20(30)27(18(16)29)10-15(28)23-21/h5-7,13H,8-10,21H2,1-4H3,(H,23,28)/t13-/m0/s1. The van der Waals surface area contributed by atoms with Crippen LogP contribution in [-0.4, -0.2) is 31.1 Å². The molecule has 0 saturated heterocycles. The zero-order valence-corrected chi connectivity index (χ0v) is 17.5. The smallest absolute Gasteiger partial charge is 0.312 e. The van der Waals surface area contributed by atoms with E-state index in [1.165, 1.54) is 4.57 Å². The second-order valence-electron chi connectivity index (χ2n) is 8.06. The molecule has 0 unspecified atom stereocenters. The number of hydrazine groups is 1. The van der Waals surface area contributed by atoms with Crippen molar-refractivity contribution >= 4 is 28.7 Å². The van der Waals surface area contributed by atoms with Gasteiger partial charge in [-0.2, -0.15) is 4.98 Å². The predicted octanol–water partition coefficient (Wildman–Crippen LogP) is 0.291. The number of fused-ring (bicyclic) bond motifs is 3. The van der Waals surface area contributed by atoms with Crippen LogP contribution in [0.25, 0.3) is 11.2 Å². The number of carbonyl (C=O) groups is 1. The van der Waals surface area contributed by atoms with Gasteiger partial charge in [0.2, 0.25) is 5.95 Å². The highest BCUT2D eigenvalue weighted by atomic mass is 16.2. The number of imidazole rings is 1. The molecule has 0 aliphatic carbocycles. The molecular formula is C20H25N7O3. The van der Waals surface area contributed by atoms with E-state index < -0.39 is 23.7 Å². The van der Waals surface area contributed by atoms with Crippen molar-refractivity contribution in [2.24, 2.45) is 18.8 Å². The highest BCUT2D eigenvalue weighted by molar-refractivity contribution is 5.78. The van der Waals surface area contributed by atoms with Crippen LogP contribution >= 0.6 is 0 Å². The van der Waals surface area contributed by atoms with E-state index in [-0.39, 0.29) is 5.92 Å². The Hall–Kier alpha value is -3.40. The van der Waals surface area contributed by atoms with Gasteiger partial charge in [-0.05, 0) is 43.0 Å². The molecule has 3 heterocycles. The van der Waals surface area contributed by atoms with Crippen LogP contribution in [0.1, 0.15) is 18.1 Å². The Kier molecular flexibility index (Phi) is 4.73. The molecule has 0 spiro atoms. The first-order valence-corrected chi connectivity index (χ1v) is 9.76. The van der Waals surface area contributed by atoms with Gasteiger partial charge in [-0.3, -0.25) is 19.6 Å². The van der Waals surface area contributed by atoms with Gasteiger partial charge in [-0.15, -0.1) is 0 Å². The Balaban J connectivity index is 1.99. The minimum absolute atomic E-state index is 0.244. The number of nitrogens with two attached hydrogens (primary N) is 1. The number of rotatable bonds is 3. The molecule has 10 heteroatoms. The van der Waals surface area contributed by atoms with Gasteiger partial charge in [-0.25, -0.2) is 15.2 Å². The van der Waals surface area contributed by atoms with E-state index in [1.54, 1.807) is 7.05 Å². The van der Waals surface area contributed by atoms with Crippen molar-refractivity contribution < 1.29 is 4.79 Å². The molecule has 1 amide bonds. The Morgan fingerprint density at radius 2 is 1.87 bits per heavy atom. The van der Waals surface area contributed by atoms with E-state index in [1.807, 2.05) is 23.8 Å². The highest BCUT2D eigenvalue weighted by Crippen LogP contribution is 2.33. The highest BCUT2D eigenvalue weighted by Gasteiger charge is 2.30. The number of benzene rings is 1. The number of nitrogens with zero attached hydrogens (tertiary/aromatic N) is 5. The first-order valence-electron chi connectivity index (χ1n) is 9.76. The van der Waals surface area contributed by atoms with E-state index in [0.29, 0.717) is 23.7 Å². The van der Waals surface area contributed by atoms with Crippen LogP contribution in [0.2, 0.25) is 0 Å². The molecule has 3 aromatic rings. The number of hydrogen-bond donors (Lipinski definition) is 2. The summed E-state index contributed by atoms with van der Waals surface area (Å²) in [7, 11) is 1.55. The number of aryl methyl sites for hydroxylation is 3. The Labute approximate surface area is 172 Å². The zero-order valence-electron chi connectivity index (χ0n) is 17.5. The molecule has 0 bridgehead atoms. The first-order chi connectivity index (χ1) is 14.2. The number of nitrogens with one attached hydrogen (secondary N) is 1. The third-order valence-corrected chi connectivity index (χ3v) is 5.42. The summed E-state index contributed by atoms with van der Waals surface area (Å²) in [5.41, 5.74) is 4.65. The van der Waals surface area contributed by atoms with Crippen LogP contribution in [0, 0.1) is 19.8 Å². The molecule has 1 aliphatic rings. The summed E-state index contributed by atoms with van der Waals surface area (Å²) in [6.07, 6.45) is 0. The number of aromatic nitrogens is 4. The van der Waals surface area contributed by atoms with Crippen molar-refractivity contribution in [3.05, 3.63) is 50.2 Å². The Morgan fingerprint density at radius 3 is 2.50 bits per heavy atom. The van der Waals surface area contributed by atoms with E-state index >= 15 is 0 Å². The van der Waals surface area contributed by atoms with E-state index in [9.17, 15) is 14.4 Å². The molecule has 158 valence electrons. The fourth-order valence-electron chi connectivity index (χ4n) is 4.16. The predicted molar refractivity (Wildman–Crippen MR) is 114 cm³/mol. The minimum atomic E-state index is -0.628. The summed E-state index contributed by atoms with van der Waals surface area (Å²) >= 11 is 0. The summed E-state index contributed by atoms with van der Waals surface area (Å²) in [5.74, 6) is 5.37. The SMILES string of the molecule is Cc1cc(C)cc(N2C[C@H](C)Cn3c2nc2c3c(=O)n(CC(=O)NN)c(=O)n2C)c1. The lowest BCUT2D eigenvalue weighted by molar-refractivity contribution is -0.121. The molecule has 0 radical (unpaired) electrons. The van der Waals surface area contributed by atoms with Crippen LogP contribution in [0.15, 0.2) is 27.8 Å².